The second-order valence-electron chi connectivity index (χ2n) is 6.13. The summed E-state index contributed by atoms with van der Waals surface area (Å²) < 4.78 is 6.56. The van der Waals surface area contributed by atoms with Crippen LogP contribution in [0.15, 0.2) is 82.5 Å². The summed E-state index contributed by atoms with van der Waals surface area (Å²) in [6.07, 6.45) is 1.81. The lowest BCUT2D eigenvalue weighted by molar-refractivity contribution is 0.413. The molecule has 27 heavy (non-hydrogen) atoms. The Hall–Kier alpha value is -2.86. The highest BCUT2D eigenvalue weighted by Gasteiger charge is 2.25. The van der Waals surface area contributed by atoms with Crippen molar-refractivity contribution in [1.82, 2.24) is 4.98 Å². The fourth-order valence-electron chi connectivity index (χ4n) is 3.11. The third-order valence-corrected chi connectivity index (χ3v) is 5.08. The molecular weight excluding hydrogens is 404 g/mol. The molecule has 0 saturated heterocycles. The zero-order valence-corrected chi connectivity index (χ0v) is 16.5. The summed E-state index contributed by atoms with van der Waals surface area (Å²) in [6, 6.07) is 22.0. The van der Waals surface area contributed by atoms with Gasteiger partial charge in [0.2, 0.25) is 0 Å². The zero-order chi connectivity index (χ0) is 18.6. The predicted molar refractivity (Wildman–Crippen MR) is 113 cm³/mol. The minimum atomic E-state index is 0.609. The van der Waals surface area contributed by atoms with Gasteiger partial charge in [-0.25, -0.2) is 9.99 Å². The smallest absolute Gasteiger partial charge is 0.130 e. The van der Waals surface area contributed by atoms with E-state index >= 15 is 0 Å². The lowest BCUT2D eigenvalue weighted by Gasteiger charge is -2.35. The lowest BCUT2D eigenvalue weighted by Crippen LogP contribution is -2.45. The number of para-hydroxylation sites is 2. The third kappa shape index (κ3) is 3.66. The molecule has 1 aliphatic rings. The van der Waals surface area contributed by atoms with Crippen LogP contribution in [-0.2, 0) is 0 Å². The molecule has 0 amide bonds. The van der Waals surface area contributed by atoms with Crippen LogP contribution in [0.1, 0.15) is 5.56 Å². The number of hydrogen-bond donors (Lipinski definition) is 0. The van der Waals surface area contributed by atoms with Gasteiger partial charge in [-0.2, -0.15) is 5.10 Å². The van der Waals surface area contributed by atoms with Gasteiger partial charge in [-0.3, -0.25) is 0 Å². The number of hydrogen-bond acceptors (Lipinski definition) is 5. The van der Waals surface area contributed by atoms with Gasteiger partial charge in [-0.1, -0.05) is 30.3 Å². The summed E-state index contributed by atoms with van der Waals surface area (Å²) >= 11 is 3.64. The Bertz CT molecular complexity index is 961. The van der Waals surface area contributed by atoms with E-state index in [9.17, 15) is 0 Å². The zero-order valence-electron chi connectivity index (χ0n) is 14.9. The number of rotatable bonds is 4. The maximum absolute atomic E-state index is 5.56. The number of anilines is 2. The molecular formula is C21H19BrN4O. The fourth-order valence-corrected chi connectivity index (χ4v) is 3.60. The van der Waals surface area contributed by atoms with Gasteiger partial charge in [0.1, 0.15) is 18.2 Å². The summed E-state index contributed by atoms with van der Waals surface area (Å²) in [5.74, 6) is 1.73. The van der Waals surface area contributed by atoms with Gasteiger partial charge in [0, 0.05) is 16.2 Å². The molecule has 0 saturated carbocycles. The van der Waals surface area contributed by atoms with Crippen LogP contribution in [0.5, 0.6) is 5.75 Å². The van der Waals surface area contributed by atoms with E-state index < -0.39 is 0 Å². The van der Waals surface area contributed by atoms with Gasteiger partial charge < -0.3 is 9.64 Å². The second-order valence-corrected chi connectivity index (χ2v) is 6.98. The Kier molecular flexibility index (Phi) is 5.07. The summed E-state index contributed by atoms with van der Waals surface area (Å²) in [6.45, 7) is 1.26. The first-order chi connectivity index (χ1) is 13.3. The number of ether oxygens (including phenoxy) is 1. The van der Waals surface area contributed by atoms with Crippen molar-refractivity contribution in [3.8, 4) is 5.75 Å². The molecule has 136 valence electrons. The molecule has 1 aliphatic heterocycles. The number of hydrazone groups is 1. The number of benzene rings is 2. The first-order valence-corrected chi connectivity index (χ1v) is 9.44. The summed E-state index contributed by atoms with van der Waals surface area (Å²) in [4.78, 5) is 6.73. The van der Waals surface area contributed by atoms with E-state index in [4.69, 9.17) is 9.84 Å². The molecule has 6 heteroatoms. The average Bonchev–Trinajstić information content (AvgIpc) is 2.74. The van der Waals surface area contributed by atoms with Crippen molar-refractivity contribution in [3.05, 3.63) is 83.0 Å². The number of methoxy groups -OCH3 is 1. The monoisotopic (exact) mass is 422 g/mol. The van der Waals surface area contributed by atoms with Crippen molar-refractivity contribution >= 4 is 33.1 Å². The topological polar surface area (TPSA) is 41.0 Å². The van der Waals surface area contributed by atoms with Gasteiger partial charge in [0.05, 0.1) is 25.1 Å². The van der Waals surface area contributed by atoms with Crippen LogP contribution in [0.3, 0.4) is 0 Å². The molecule has 3 aromatic rings. The van der Waals surface area contributed by atoms with E-state index in [0.717, 1.165) is 33.0 Å². The van der Waals surface area contributed by atoms with Crippen LogP contribution in [0, 0.1) is 0 Å². The lowest BCUT2D eigenvalue weighted by atomic mass is 10.1. The molecule has 0 N–H and O–H groups in total. The van der Waals surface area contributed by atoms with Gasteiger partial charge in [0.25, 0.3) is 0 Å². The van der Waals surface area contributed by atoms with Crippen LogP contribution < -0.4 is 14.6 Å². The van der Waals surface area contributed by atoms with Crippen molar-refractivity contribution in [1.29, 1.82) is 0 Å². The molecule has 2 aromatic carbocycles. The third-order valence-electron chi connectivity index (χ3n) is 4.41. The normalized spacial score (nSPS) is 14.1. The average molecular weight is 423 g/mol. The van der Waals surface area contributed by atoms with E-state index in [1.165, 1.54) is 0 Å². The highest BCUT2D eigenvalue weighted by molar-refractivity contribution is 9.10. The molecule has 0 radical (unpaired) electrons. The molecule has 1 aromatic heterocycles. The van der Waals surface area contributed by atoms with Gasteiger partial charge in [0.15, 0.2) is 0 Å². The highest BCUT2D eigenvalue weighted by atomic mass is 79.9. The highest BCUT2D eigenvalue weighted by Crippen LogP contribution is 2.30. The maximum atomic E-state index is 5.56. The van der Waals surface area contributed by atoms with Crippen LogP contribution in [0.25, 0.3) is 0 Å². The number of aromatic nitrogens is 1. The Morgan fingerprint density at radius 2 is 1.74 bits per heavy atom. The van der Waals surface area contributed by atoms with Gasteiger partial charge in [-0.05, 0) is 52.3 Å². The summed E-state index contributed by atoms with van der Waals surface area (Å²) in [5, 5.41) is 6.93. The predicted octanol–water partition coefficient (Wildman–Crippen LogP) is 4.54. The molecule has 0 aliphatic carbocycles. The van der Waals surface area contributed by atoms with Crippen LogP contribution in [0.2, 0.25) is 0 Å². The van der Waals surface area contributed by atoms with Crippen molar-refractivity contribution in [2.45, 2.75) is 0 Å². The van der Waals surface area contributed by atoms with Crippen molar-refractivity contribution in [2.75, 3.05) is 30.2 Å². The van der Waals surface area contributed by atoms with Gasteiger partial charge >= 0.3 is 0 Å². The molecule has 0 fully saturated rings. The van der Waals surface area contributed by atoms with Crippen molar-refractivity contribution in [3.63, 3.8) is 0 Å². The fraction of sp³-hybridized carbons (Fsp3) is 0.143. The number of nitrogens with zero attached hydrogens (tertiary/aromatic N) is 4. The van der Waals surface area contributed by atoms with Crippen molar-refractivity contribution < 1.29 is 4.74 Å². The molecule has 0 atom stereocenters. The SMILES string of the molecule is COc1ccccc1C1=NN(c2ccccc2Br)CN(c2ccccn2)C1. The van der Waals surface area contributed by atoms with Crippen LogP contribution in [-0.4, -0.2) is 31.0 Å². The Morgan fingerprint density at radius 3 is 2.52 bits per heavy atom. The van der Waals surface area contributed by atoms with E-state index in [-0.39, 0.29) is 0 Å². The Balaban J connectivity index is 1.79. The Labute approximate surface area is 167 Å². The molecule has 0 spiro atoms. The molecule has 0 unspecified atom stereocenters. The first-order valence-electron chi connectivity index (χ1n) is 8.65. The Morgan fingerprint density at radius 1 is 0.963 bits per heavy atom. The van der Waals surface area contributed by atoms with E-state index in [0.29, 0.717) is 13.2 Å². The minimum absolute atomic E-state index is 0.609. The molecule has 5 nitrogen and oxygen atoms in total. The van der Waals surface area contributed by atoms with E-state index in [1.54, 1.807) is 7.11 Å². The van der Waals surface area contributed by atoms with Gasteiger partial charge in [-0.15, -0.1) is 0 Å². The number of pyridine rings is 1. The quantitative estimate of drug-likeness (QED) is 0.618. The standard InChI is InChI=1S/C21H19BrN4O/c1-27-20-11-5-2-8-16(20)18-14-25(21-12-6-7-13-23-21)15-26(24-18)19-10-4-3-9-17(19)22/h2-13H,14-15H2,1H3. The van der Waals surface area contributed by atoms with E-state index in [2.05, 4.69) is 31.9 Å². The minimum Gasteiger partial charge on any atom is -0.496 e. The molecule has 4 rings (SSSR count). The van der Waals surface area contributed by atoms with E-state index in [1.807, 2.05) is 71.9 Å². The van der Waals surface area contributed by atoms with Crippen molar-refractivity contribution in [2.24, 2.45) is 5.10 Å². The summed E-state index contributed by atoms with van der Waals surface area (Å²) in [5.41, 5.74) is 2.92. The summed E-state index contributed by atoms with van der Waals surface area (Å²) in [7, 11) is 1.68. The molecule has 2 heterocycles. The maximum Gasteiger partial charge on any atom is 0.130 e. The second kappa shape index (κ2) is 7.80. The first kappa shape index (κ1) is 17.5. The molecule has 0 bridgehead atoms. The van der Waals surface area contributed by atoms with Crippen LogP contribution in [0.4, 0.5) is 11.5 Å². The number of halogens is 1. The largest absolute Gasteiger partial charge is 0.496 e. The van der Waals surface area contributed by atoms with Crippen LogP contribution >= 0.6 is 15.9 Å².